The summed E-state index contributed by atoms with van der Waals surface area (Å²) in [6.07, 6.45) is 1.76. The number of carboxylic acid groups (broad SMARTS) is 1. The first-order valence-electron chi connectivity index (χ1n) is 7.30. The second-order valence-electron chi connectivity index (χ2n) is 5.64. The van der Waals surface area contributed by atoms with Crippen molar-refractivity contribution in [2.45, 2.75) is 19.8 Å². The normalized spacial score (nSPS) is 13.7. The summed E-state index contributed by atoms with van der Waals surface area (Å²) in [5.41, 5.74) is 3.51. The second-order valence-corrected chi connectivity index (χ2v) is 5.64. The topological polar surface area (TPSA) is 66.4 Å². The summed E-state index contributed by atoms with van der Waals surface area (Å²) in [6, 6.07) is 13.0. The molecule has 2 N–H and O–H groups in total. The lowest BCUT2D eigenvalue weighted by atomic mass is 9.98. The zero-order valence-corrected chi connectivity index (χ0v) is 12.3. The molecule has 2 aromatic carbocycles. The fourth-order valence-electron chi connectivity index (χ4n) is 2.48. The number of carbonyl (C=O) groups excluding carboxylic acids is 1. The van der Waals surface area contributed by atoms with Crippen LogP contribution in [0.2, 0.25) is 0 Å². The van der Waals surface area contributed by atoms with Gasteiger partial charge in [-0.1, -0.05) is 30.3 Å². The van der Waals surface area contributed by atoms with E-state index in [0.29, 0.717) is 5.69 Å². The minimum Gasteiger partial charge on any atom is -0.478 e. The van der Waals surface area contributed by atoms with Crippen LogP contribution >= 0.6 is 0 Å². The van der Waals surface area contributed by atoms with E-state index in [-0.39, 0.29) is 17.4 Å². The summed E-state index contributed by atoms with van der Waals surface area (Å²) < 4.78 is 0. The number of anilines is 1. The molecule has 4 heteroatoms. The molecule has 0 heterocycles. The van der Waals surface area contributed by atoms with E-state index >= 15 is 0 Å². The van der Waals surface area contributed by atoms with Gasteiger partial charge in [0.25, 0.3) is 0 Å². The van der Waals surface area contributed by atoms with Gasteiger partial charge in [-0.25, -0.2) is 4.79 Å². The predicted molar refractivity (Wildman–Crippen MR) is 84.9 cm³/mol. The molecule has 0 radical (unpaired) electrons. The Labute approximate surface area is 128 Å². The van der Waals surface area contributed by atoms with Crippen LogP contribution in [-0.2, 0) is 4.79 Å². The van der Waals surface area contributed by atoms with Crippen molar-refractivity contribution in [1.29, 1.82) is 0 Å². The lowest BCUT2D eigenvalue weighted by molar-refractivity contribution is -0.117. The van der Waals surface area contributed by atoms with E-state index in [1.54, 1.807) is 18.2 Å². The number of benzene rings is 2. The van der Waals surface area contributed by atoms with Gasteiger partial charge >= 0.3 is 5.97 Å². The standard InChI is InChI=1S/C18H17NO3/c1-11-4-2-3-5-14(11)13-8-9-15(18(21)22)16(10-13)19-17(20)12-6-7-12/h2-5,8-10,12H,6-7H2,1H3,(H,19,20)(H,21,22). The highest BCUT2D eigenvalue weighted by Gasteiger charge is 2.30. The van der Waals surface area contributed by atoms with Crippen LogP contribution in [0.5, 0.6) is 0 Å². The number of nitrogens with one attached hydrogen (secondary N) is 1. The van der Waals surface area contributed by atoms with E-state index in [1.165, 1.54) is 0 Å². The maximum absolute atomic E-state index is 12.0. The number of rotatable bonds is 4. The highest BCUT2D eigenvalue weighted by Crippen LogP contribution is 2.32. The minimum absolute atomic E-state index is 0.0313. The lowest BCUT2D eigenvalue weighted by Gasteiger charge is -2.12. The van der Waals surface area contributed by atoms with Crippen molar-refractivity contribution in [3.05, 3.63) is 53.6 Å². The van der Waals surface area contributed by atoms with Gasteiger partial charge in [0.2, 0.25) is 5.91 Å². The lowest BCUT2D eigenvalue weighted by Crippen LogP contribution is -2.16. The molecule has 4 nitrogen and oxygen atoms in total. The minimum atomic E-state index is -1.04. The molecule has 1 saturated carbocycles. The zero-order chi connectivity index (χ0) is 15.7. The van der Waals surface area contributed by atoms with E-state index in [4.69, 9.17) is 0 Å². The van der Waals surface area contributed by atoms with Crippen LogP contribution in [0.4, 0.5) is 5.69 Å². The SMILES string of the molecule is Cc1ccccc1-c1ccc(C(=O)O)c(NC(=O)C2CC2)c1. The number of aryl methyl sites for hydroxylation is 1. The monoisotopic (exact) mass is 295 g/mol. The molecule has 1 fully saturated rings. The molecule has 1 aliphatic carbocycles. The smallest absolute Gasteiger partial charge is 0.337 e. The molecule has 0 atom stereocenters. The molecule has 2 aromatic rings. The van der Waals surface area contributed by atoms with Crippen LogP contribution in [0.25, 0.3) is 11.1 Å². The van der Waals surface area contributed by atoms with Crippen LogP contribution in [0.1, 0.15) is 28.8 Å². The average Bonchev–Trinajstić information content (AvgIpc) is 3.32. The first kappa shape index (κ1) is 14.3. The van der Waals surface area contributed by atoms with Crippen LogP contribution < -0.4 is 5.32 Å². The number of carbonyl (C=O) groups is 2. The van der Waals surface area contributed by atoms with Crippen LogP contribution in [0.15, 0.2) is 42.5 Å². The van der Waals surface area contributed by atoms with E-state index < -0.39 is 5.97 Å². The summed E-state index contributed by atoms with van der Waals surface area (Å²) >= 11 is 0. The average molecular weight is 295 g/mol. The van der Waals surface area contributed by atoms with Crippen LogP contribution in [0, 0.1) is 12.8 Å². The summed E-state index contributed by atoms with van der Waals surface area (Å²) in [6.45, 7) is 2.00. The fourth-order valence-corrected chi connectivity index (χ4v) is 2.48. The molecular weight excluding hydrogens is 278 g/mol. The molecule has 0 spiro atoms. The highest BCUT2D eigenvalue weighted by atomic mass is 16.4. The highest BCUT2D eigenvalue weighted by molar-refractivity contribution is 6.02. The van der Waals surface area contributed by atoms with Gasteiger partial charge in [-0.05, 0) is 48.6 Å². The van der Waals surface area contributed by atoms with Gasteiger partial charge in [0.1, 0.15) is 0 Å². The number of aromatic carboxylic acids is 1. The van der Waals surface area contributed by atoms with E-state index in [2.05, 4.69) is 5.32 Å². The van der Waals surface area contributed by atoms with E-state index in [9.17, 15) is 14.7 Å². The van der Waals surface area contributed by atoms with Gasteiger partial charge in [-0.3, -0.25) is 4.79 Å². The number of hydrogen-bond donors (Lipinski definition) is 2. The van der Waals surface area contributed by atoms with Crippen molar-refractivity contribution in [1.82, 2.24) is 0 Å². The molecule has 112 valence electrons. The Bertz CT molecular complexity index is 748. The van der Waals surface area contributed by atoms with Crippen molar-refractivity contribution in [3.8, 4) is 11.1 Å². The van der Waals surface area contributed by atoms with Gasteiger partial charge in [0, 0.05) is 5.92 Å². The Morgan fingerprint density at radius 3 is 2.50 bits per heavy atom. The molecule has 0 unspecified atom stereocenters. The van der Waals surface area contributed by atoms with Crippen molar-refractivity contribution in [2.24, 2.45) is 5.92 Å². The van der Waals surface area contributed by atoms with E-state index in [0.717, 1.165) is 29.5 Å². The molecule has 22 heavy (non-hydrogen) atoms. The van der Waals surface area contributed by atoms with Crippen molar-refractivity contribution in [3.63, 3.8) is 0 Å². The van der Waals surface area contributed by atoms with Gasteiger partial charge in [-0.2, -0.15) is 0 Å². The second kappa shape index (κ2) is 5.64. The number of hydrogen-bond acceptors (Lipinski definition) is 2. The van der Waals surface area contributed by atoms with Crippen LogP contribution in [0.3, 0.4) is 0 Å². The molecule has 1 amide bonds. The molecule has 0 bridgehead atoms. The Hall–Kier alpha value is -2.62. The third-order valence-electron chi connectivity index (χ3n) is 3.91. The first-order chi connectivity index (χ1) is 10.6. The first-order valence-corrected chi connectivity index (χ1v) is 7.30. The van der Waals surface area contributed by atoms with Gasteiger partial charge in [-0.15, -0.1) is 0 Å². The molecule has 0 saturated heterocycles. The molecular formula is C18H17NO3. The fraction of sp³-hybridized carbons (Fsp3) is 0.222. The molecule has 3 rings (SSSR count). The Morgan fingerprint density at radius 1 is 1.14 bits per heavy atom. The Kier molecular flexibility index (Phi) is 3.67. The van der Waals surface area contributed by atoms with Crippen molar-refractivity contribution in [2.75, 3.05) is 5.32 Å². The Balaban J connectivity index is 2.01. The predicted octanol–water partition coefficient (Wildman–Crippen LogP) is 3.71. The van der Waals surface area contributed by atoms with Gasteiger partial charge in [0.15, 0.2) is 0 Å². The van der Waals surface area contributed by atoms with Crippen molar-refractivity contribution >= 4 is 17.6 Å². The summed E-state index contributed by atoms with van der Waals surface area (Å²) in [7, 11) is 0. The third kappa shape index (κ3) is 2.86. The van der Waals surface area contributed by atoms with E-state index in [1.807, 2.05) is 31.2 Å². The maximum atomic E-state index is 12.0. The largest absolute Gasteiger partial charge is 0.478 e. The Morgan fingerprint density at radius 2 is 1.86 bits per heavy atom. The maximum Gasteiger partial charge on any atom is 0.337 e. The van der Waals surface area contributed by atoms with Gasteiger partial charge in [0.05, 0.1) is 11.3 Å². The van der Waals surface area contributed by atoms with Crippen LogP contribution in [-0.4, -0.2) is 17.0 Å². The summed E-state index contributed by atoms with van der Waals surface area (Å²) in [5.74, 6) is -1.10. The number of carboxylic acids is 1. The van der Waals surface area contributed by atoms with Crippen molar-refractivity contribution < 1.29 is 14.7 Å². The summed E-state index contributed by atoms with van der Waals surface area (Å²) in [4.78, 5) is 23.3. The van der Waals surface area contributed by atoms with Gasteiger partial charge < -0.3 is 10.4 Å². The third-order valence-corrected chi connectivity index (χ3v) is 3.91. The molecule has 0 aliphatic heterocycles. The quantitative estimate of drug-likeness (QED) is 0.903. The number of amides is 1. The molecule has 0 aromatic heterocycles. The zero-order valence-electron chi connectivity index (χ0n) is 12.3. The summed E-state index contributed by atoms with van der Waals surface area (Å²) in [5, 5.41) is 12.1. The molecule has 1 aliphatic rings.